The van der Waals surface area contributed by atoms with Crippen molar-refractivity contribution in [1.29, 1.82) is 0 Å². The van der Waals surface area contributed by atoms with Crippen molar-refractivity contribution in [3.05, 3.63) is 60.1 Å². The average molecular weight is 413 g/mol. The van der Waals surface area contributed by atoms with Crippen molar-refractivity contribution in [1.82, 2.24) is 15.5 Å². The van der Waals surface area contributed by atoms with Crippen molar-refractivity contribution in [3.8, 4) is 0 Å². The van der Waals surface area contributed by atoms with E-state index in [4.69, 9.17) is 9.47 Å². The summed E-state index contributed by atoms with van der Waals surface area (Å²) in [6.07, 6.45) is 5.44. The molecule has 2 atom stereocenters. The van der Waals surface area contributed by atoms with Crippen LogP contribution < -0.4 is 10.6 Å². The fraction of sp³-hybridized carbons (Fsp3) is 0.409. The predicted octanol–water partition coefficient (Wildman–Crippen LogP) is 1.54. The van der Waals surface area contributed by atoms with E-state index in [2.05, 4.69) is 24.5 Å². The maximum atomic E-state index is 12.6. The quantitative estimate of drug-likeness (QED) is 0.565. The fourth-order valence-corrected chi connectivity index (χ4v) is 3.51. The number of benzene rings is 1. The second-order valence-corrected chi connectivity index (χ2v) is 7.28. The van der Waals surface area contributed by atoms with Gasteiger partial charge in [-0.15, -0.1) is 0 Å². The summed E-state index contributed by atoms with van der Waals surface area (Å²) in [4.78, 5) is 36.9. The lowest BCUT2D eigenvalue weighted by molar-refractivity contribution is -0.137. The zero-order valence-corrected chi connectivity index (χ0v) is 17.2. The Morgan fingerprint density at radius 1 is 1.17 bits per heavy atom. The molecule has 30 heavy (non-hydrogen) atoms. The standard InChI is InChI=1S/C22H27N3O5/c1-3-23-15(2)13-16-5-4-6-17(14-16)21(22-29-11-12-30-22)24-18(26)9-10-25-19(27)7-8-20(25)28/h4-8,11-12,14-15,21-23H,3,9-10,13H2,1-2H3,(H,24,26). The van der Waals surface area contributed by atoms with Gasteiger partial charge in [0.15, 0.2) is 0 Å². The molecule has 8 heteroatoms. The third-order valence-corrected chi connectivity index (χ3v) is 4.94. The minimum Gasteiger partial charge on any atom is -0.457 e. The first-order chi connectivity index (χ1) is 14.5. The van der Waals surface area contributed by atoms with Gasteiger partial charge in [0.25, 0.3) is 18.1 Å². The molecule has 1 aromatic rings. The molecule has 0 fully saturated rings. The summed E-state index contributed by atoms with van der Waals surface area (Å²) in [5.74, 6) is -1.12. The third-order valence-electron chi connectivity index (χ3n) is 4.94. The molecular weight excluding hydrogens is 386 g/mol. The Bertz CT molecular complexity index is 825. The Labute approximate surface area is 175 Å². The number of ether oxygens (including phenoxy) is 2. The topological polar surface area (TPSA) is 97.0 Å². The van der Waals surface area contributed by atoms with Crippen LogP contribution >= 0.6 is 0 Å². The lowest BCUT2D eigenvalue weighted by atomic mass is 9.99. The number of rotatable bonds is 10. The van der Waals surface area contributed by atoms with E-state index in [-0.39, 0.29) is 18.9 Å². The molecule has 2 heterocycles. The Morgan fingerprint density at radius 3 is 2.53 bits per heavy atom. The summed E-state index contributed by atoms with van der Waals surface area (Å²) in [6.45, 7) is 5.11. The summed E-state index contributed by atoms with van der Waals surface area (Å²) in [5, 5.41) is 6.31. The highest BCUT2D eigenvalue weighted by atomic mass is 16.7. The molecule has 8 nitrogen and oxygen atoms in total. The molecule has 0 saturated carbocycles. The second kappa shape index (κ2) is 10.1. The first kappa shape index (κ1) is 21.6. The van der Waals surface area contributed by atoms with Crippen molar-refractivity contribution < 1.29 is 23.9 Å². The summed E-state index contributed by atoms with van der Waals surface area (Å²) in [5.41, 5.74) is 1.98. The molecule has 3 rings (SSSR count). The normalized spacial score (nSPS) is 17.7. The molecule has 0 saturated heterocycles. The van der Waals surface area contributed by atoms with E-state index in [0.29, 0.717) is 6.04 Å². The molecule has 1 aromatic carbocycles. The number of imide groups is 1. The average Bonchev–Trinajstić information content (AvgIpc) is 3.35. The van der Waals surface area contributed by atoms with Crippen molar-refractivity contribution in [3.63, 3.8) is 0 Å². The maximum absolute atomic E-state index is 12.6. The van der Waals surface area contributed by atoms with E-state index in [9.17, 15) is 14.4 Å². The van der Waals surface area contributed by atoms with Crippen LogP contribution in [0, 0.1) is 0 Å². The van der Waals surface area contributed by atoms with Crippen molar-refractivity contribution in [2.75, 3.05) is 13.1 Å². The number of amides is 3. The van der Waals surface area contributed by atoms with Crippen LogP contribution in [0.25, 0.3) is 0 Å². The van der Waals surface area contributed by atoms with Crippen LogP contribution in [0.4, 0.5) is 0 Å². The second-order valence-electron chi connectivity index (χ2n) is 7.28. The maximum Gasteiger partial charge on any atom is 0.263 e. The lowest BCUT2D eigenvalue weighted by Crippen LogP contribution is -2.39. The molecule has 3 amide bonds. The Balaban J connectivity index is 1.66. The summed E-state index contributed by atoms with van der Waals surface area (Å²) < 4.78 is 11.0. The number of hydrogen-bond donors (Lipinski definition) is 2. The van der Waals surface area contributed by atoms with Crippen LogP contribution in [-0.2, 0) is 30.3 Å². The van der Waals surface area contributed by atoms with Crippen LogP contribution in [0.3, 0.4) is 0 Å². The number of nitrogens with zero attached hydrogens (tertiary/aromatic N) is 1. The molecule has 2 aliphatic rings. The van der Waals surface area contributed by atoms with Gasteiger partial charge in [-0.2, -0.15) is 0 Å². The third kappa shape index (κ3) is 5.48. The van der Waals surface area contributed by atoms with Gasteiger partial charge in [-0.25, -0.2) is 0 Å². The van der Waals surface area contributed by atoms with Gasteiger partial charge in [0.05, 0.1) is 0 Å². The van der Waals surface area contributed by atoms with Gasteiger partial charge in [-0.1, -0.05) is 31.2 Å². The van der Waals surface area contributed by atoms with E-state index in [1.165, 1.54) is 24.7 Å². The zero-order valence-electron chi connectivity index (χ0n) is 17.2. The highest BCUT2D eigenvalue weighted by Gasteiger charge is 2.30. The first-order valence-corrected chi connectivity index (χ1v) is 10.1. The molecule has 0 aromatic heterocycles. The Kier molecular flexibility index (Phi) is 7.24. The van der Waals surface area contributed by atoms with Gasteiger partial charge in [0, 0.05) is 31.2 Å². The molecule has 0 radical (unpaired) electrons. The van der Waals surface area contributed by atoms with Crippen LogP contribution in [-0.4, -0.2) is 48.0 Å². The van der Waals surface area contributed by atoms with Crippen LogP contribution in [0.15, 0.2) is 48.9 Å². The monoisotopic (exact) mass is 413 g/mol. The minimum atomic E-state index is -0.688. The van der Waals surface area contributed by atoms with Gasteiger partial charge >= 0.3 is 0 Å². The van der Waals surface area contributed by atoms with Gasteiger partial charge < -0.3 is 20.1 Å². The summed E-state index contributed by atoms with van der Waals surface area (Å²) >= 11 is 0. The van der Waals surface area contributed by atoms with E-state index in [1.807, 2.05) is 24.3 Å². The summed E-state index contributed by atoms with van der Waals surface area (Å²) in [6, 6.07) is 7.71. The number of hydrogen-bond acceptors (Lipinski definition) is 6. The largest absolute Gasteiger partial charge is 0.457 e. The lowest BCUT2D eigenvalue weighted by Gasteiger charge is -2.25. The van der Waals surface area contributed by atoms with Crippen molar-refractivity contribution in [2.45, 2.75) is 45.1 Å². The van der Waals surface area contributed by atoms with Crippen LogP contribution in [0.5, 0.6) is 0 Å². The SMILES string of the molecule is CCNC(C)Cc1cccc(C(NC(=O)CCN2C(=O)C=CC2=O)C2OC=CO2)c1. The number of nitrogens with one attached hydrogen (secondary N) is 2. The predicted molar refractivity (Wildman–Crippen MR) is 110 cm³/mol. The molecule has 160 valence electrons. The molecule has 2 unspecified atom stereocenters. The smallest absolute Gasteiger partial charge is 0.263 e. The number of carbonyl (C=O) groups excluding carboxylic acids is 3. The molecule has 0 bridgehead atoms. The first-order valence-electron chi connectivity index (χ1n) is 10.1. The van der Waals surface area contributed by atoms with Gasteiger partial charge in [0.2, 0.25) is 5.91 Å². The highest BCUT2D eigenvalue weighted by Crippen LogP contribution is 2.25. The molecule has 2 N–H and O–H groups in total. The van der Waals surface area contributed by atoms with Crippen LogP contribution in [0.1, 0.15) is 37.4 Å². The highest BCUT2D eigenvalue weighted by molar-refractivity contribution is 6.13. The Morgan fingerprint density at radius 2 is 1.87 bits per heavy atom. The Hall–Kier alpha value is -3.13. The van der Waals surface area contributed by atoms with Crippen molar-refractivity contribution in [2.24, 2.45) is 0 Å². The van der Waals surface area contributed by atoms with Crippen molar-refractivity contribution >= 4 is 17.7 Å². The summed E-state index contributed by atoms with van der Waals surface area (Å²) in [7, 11) is 0. The molecule has 0 spiro atoms. The van der Waals surface area contributed by atoms with E-state index in [1.54, 1.807) is 0 Å². The van der Waals surface area contributed by atoms with Gasteiger partial charge in [0.1, 0.15) is 18.6 Å². The molecule has 0 aliphatic carbocycles. The van der Waals surface area contributed by atoms with E-state index >= 15 is 0 Å². The number of likely N-dealkylation sites (N-methyl/N-ethyl adjacent to an activating group) is 1. The van der Waals surface area contributed by atoms with Gasteiger partial charge in [-0.3, -0.25) is 19.3 Å². The van der Waals surface area contributed by atoms with Gasteiger partial charge in [-0.05, 0) is 31.0 Å². The minimum absolute atomic E-state index is 0.00699. The van der Waals surface area contributed by atoms with E-state index < -0.39 is 24.1 Å². The zero-order chi connectivity index (χ0) is 21.5. The van der Waals surface area contributed by atoms with Crippen LogP contribution in [0.2, 0.25) is 0 Å². The molecular formula is C22H27N3O5. The van der Waals surface area contributed by atoms with E-state index in [0.717, 1.165) is 29.0 Å². The molecule has 2 aliphatic heterocycles. The number of carbonyl (C=O) groups is 3. The fourth-order valence-electron chi connectivity index (χ4n) is 3.51.